The number of methoxy groups -OCH3 is 1. The van der Waals surface area contributed by atoms with Gasteiger partial charge < -0.3 is 15.4 Å². The standard InChI is InChI=1S/C13H22N4O2/c1-10(14)9-17-13(18)7-11(8-15-17)16-5-3-12(19-2)4-6-16/h7-8,10,12H,3-6,9,14H2,1-2H3/t10-/m0/s1. The molecular weight excluding hydrogens is 244 g/mol. The SMILES string of the molecule is COC1CCN(c2cnn(C[C@H](C)N)c(=O)c2)CC1. The smallest absolute Gasteiger partial charge is 0.268 e. The Hall–Kier alpha value is -1.40. The first kappa shape index (κ1) is 14.0. The summed E-state index contributed by atoms with van der Waals surface area (Å²) in [6, 6.07) is 1.57. The first-order chi connectivity index (χ1) is 9.10. The predicted molar refractivity (Wildman–Crippen MR) is 74.4 cm³/mol. The zero-order chi connectivity index (χ0) is 13.8. The Morgan fingerprint density at radius 2 is 2.21 bits per heavy atom. The lowest BCUT2D eigenvalue weighted by molar-refractivity contribution is 0.0819. The third kappa shape index (κ3) is 3.54. The van der Waals surface area contributed by atoms with Crippen molar-refractivity contribution < 1.29 is 4.74 Å². The van der Waals surface area contributed by atoms with Gasteiger partial charge in [-0.2, -0.15) is 5.10 Å². The second-order valence-electron chi connectivity index (χ2n) is 5.13. The molecule has 1 aromatic heterocycles. The Bertz CT molecular complexity index is 464. The van der Waals surface area contributed by atoms with Crippen molar-refractivity contribution in [1.29, 1.82) is 0 Å². The van der Waals surface area contributed by atoms with Crippen molar-refractivity contribution in [3.8, 4) is 0 Å². The van der Waals surface area contributed by atoms with Crippen molar-refractivity contribution in [2.45, 2.75) is 38.5 Å². The number of hydrogen-bond donors (Lipinski definition) is 1. The van der Waals surface area contributed by atoms with E-state index in [1.165, 1.54) is 4.68 Å². The molecule has 0 amide bonds. The zero-order valence-electron chi connectivity index (χ0n) is 11.6. The number of hydrogen-bond acceptors (Lipinski definition) is 5. The number of nitrogens with two attached hydrogens (primary N) is 1. The van der Waals surface area contributed by atoms with Crippen LogP contribution in [0.2, 0.25) is 0 Å². The average Bonchev–Trinajstić information content (AvgIpc) is 2.41. The van der Waals surface area contributed by atoms with E-state index in [1.54, 1.807) is 19.4 Å². The van der Waals surface area contributed by atoms with E-state index in [1.807, 2.05) is 6.92 Å². The molecule has 1 aliphatic heterocycles. The van der Waals surface area contributed by atoms with Gasteiger partial charge in [0.2, 0.25) is 0 Å². The van der Waals surface area contributed by atoms with E-state index in [0.717, 1.165) is 31.6 Å². The summed E-state index contributed by atoms with van der Waals surface area (Å²) in [6.45, 7) is 4.11. The monoisotopic (exact) mass is 266 g/mol. The number of ether oxygens (including phenoxy) is 1. The zero-order valence-corrected chi connectivity index (χ0v) is 11.6. The molecule has 0 radical (unpaired) electrons. The van der Waals surface area contributed by atoms with Gasteiger partial charge in [0, 0.05) is 32.3 Å². The van der Waals surface area contributed by atoms with Gasteiger partial charge in [0.15, 0.2) is 0 Å². The van der Waals surface area contributed by atoms with Gasteiger partial charge in [-0.05, 0) is 19.8 Å². The lowest BCUT2D eigenvalue weighted by Crippen LogP contribution is -2.38. The highest BCUT2D eigenvalue weighted by atomic mass is 16.5. The molecule has 6 heteroatoms. The molecule has 1 fully saturated rings. The summed E-state index contributed by atoms with van der Waals surface area (Å²) in [6.07, 6.45) is 4.05. The van der Waals surface area contributed by atoms with Crippen LogP contribution < -0.4 is 16.2 Å². The molecule has 2 rings (SSSR count). The third-order valence-corrected chi connectivity index (χ3v) is 3.46. The fraction of sp³-hybridized carbons (Fsp3) is 0.692. The highest BCUT2D eigenvalue weighted by molar-refractivity contribution is 5.43. The van der Waals surface area contributed by atoms with Crippen LogP contribution in [0.5, 0.6) is 0 Å². The van der Waals surface area contributed by atoms with Gasteiger partial charge in [-0.1, -0.05) is 0 Å². The largest absolute Gasteiger partial charge is 0.381 e. The molecular formula is C13H22N4O2. The van der Waals surface area contributed by atoms with Gasteiger partial charge in [-0.15, -0.1) is 0 Å². The fourth-order valence-corrected chi connectivity index (χ4v) is 2.36. The molecule has 1 saturated heterocycles. The molecule has 0 aromatic carbocycles. The van der Waals surface area contributed by atoms with E-state index < -0.39 is 0 Å². The van der Waals surface area contributed by atoms with Gasteiger partial charge in [0.25, 0.3) is 5.56 Å². The van der Waals surface area contributed by atoms with Gasteiger partial charge in [0.05, 0.1) is 24.5 Å². The number of piperidine rings is 1. The quantitative estimate of drug-likeness (QED) is 0.843. The van der Waals surface area contributed by atoms with Crippen LogP contribution in [-0.2, 0) is 11.3 Å². The molecule has 2 N–H and O–H groups in total. The minimum atomic E-state index is -0.0938. The molecule has 1 aliphatic rings. The number of anilines is 1. The first-order valence-electron chi connectivity index (χ1n) is 6.70. The van der Waals surface area contributed by atoms with Crippen LogP contribution in [0.1, 0.15) is 19.8 Å². The van der Waals surface area contributed by atoms with Crippen LogP contribution in [0.4, 0.5) is 5.69 Å². The van der Waals surface area contributed by atoms with E-state index in [4.69, 9.17) is 10.5 Å². The summed E-state index contributed by atoms with van der Waals surface area (Å²) in [7, 11) is 1.75. The van der Waals surface area contributed by atoms with Gasteiger partial charge in [-0.3, -0.25) is 4.79 Å². The molecule has 0 saturated carbocycles. The summed E-state index contributed by atoms with van der Waals surface area (Å²) >= 11 is 0. The molecule has 0 unspecified atom stereocenters. The van der Waals surface area contributed by atoms with E-state index in [0.29, 0.717) is 12.6 Å². The maximum atomic E-state index is 11.9. The lowest BCUT2D eigenvalue weighted by Gasteiger charge is -2.32. The maximum Gasteiger partial charge on any atom is 0.268 e. The minimum Gasteiger partial charge on any atom is -0.381 e. The van der Waals surface area contributed by atoms with Crippen molar-refractivity contribution in [1.82, 2.24) is 9.78 Å². The molecule has 1 aromatic rings. The first-order valence-corrected chi connectivity index (χ1v) is 6.70. The Labute approximate surface area is 113 Å². The minimum absolute atomic E-state index is 0.0755. The topological polar surface area (TPSA) is 73.4 Å². The van der Waals surface area contributed by atoms with E-state index in [2.05, 4.69) is 10.00 Å². The summed E-state index contributed by atoms with van der Waals surface area (Å²) in [4.78, 5) is 14.1. The van der Waals surface area contributed by atoms with Crippen molar-refractivity contribution in [2.24, 2.45) is 5.73 Å². The molecule has 0 bridgehead atoms. The summed E-state index contributed by atoms with van der Waals surface area (Å²) in [5.74, 6) is 0. The lowest BCUT2D eigenvalue weighted by atomic mass is 10.1. The van der Waals surface area contributed by atoms with Crippen molar-refractivity contribution >= 4 is 5.69 Å². The van der Waals surface area contributed by atoms with Crippen LogP contribution in [0.15, 0.2) is 17.1 Å². The predicted octanol–water partition coefficient (Wildman–Crippen LogP) is 0.206. The van der Waals surface area contributed by atoms with Crippen LogP contribution in [0.25, 0.3) is 0 Å². The molecule has 0 spiro atoms. The number of aromatic nitrogens is 2. The summed E-state index contributed by atoms with van der Waals surface area (Å²) in [5, 5.41) is 4.18. The van der Waals surface area contributed by atoms with Gasteiger partial charge in [0.1, 0.15) is 0 Å². The van der Waals surface area contributed by atoms with Crippen molar-refractivity contribution in [2.75, 3.05) is 25.1 Å². The van der Waals surface area contributed by atoms with E-state index in [-0.39, 0.29) is 11.6 Å². The van der Waals surface area contributed by atoms with Crippen LogP contribution in [0.3, 0.4) is 0 Å². The highest BCUT2D eigenvalue weighted by Gasteiger charge is 2.19. The average molecular weight is 266 g/mol. The number of rotatable bonds is 4. The molecule has 2 heterocycles. The Kier molecular flexibility index (Phi) is 4.55. The Balaban J connectivity index is 2.06. The molecule has 106 valence electrons. The third-order valence-electron chi connectivity index (χ3n) is 3.46. The van der Waals surface area contributed by atoms with E-state index in [9.17, 15) is 4.79 Å². The van der Waals surface area contributed by atoms with Crippen LogP contribution in [-0.4, -0.2) is 42.1 Å². The molecule has 0 aliphatic carbocycles. The Morgan fingerprint density at radius 1 is 1.53 bits per heavy atom. The highest BCUT2D eigenvalue weighted by Crippen LogP contribution is 2.18. The Morgan fingerprint density at radius 3 is 2.74 bits per heavy atom. The van der Waals surface area contributed by atoms with Crippen molar-refractivity contribution in [3.05, 3.63) is 22.6 Å². The summed E-state index contributed by atoms with van der Waals surface area (Å²) in [5.41, 5.74) is 6.48. The number of nitrogens with zero attached hydrogens (tertiary/aromatic N) is 3. The van der Waals surface area contributed by atoms with Gasteiger partial charge >= 0.3 is 0 Å². The second kappa shape index (κ2) is 6.16. The molecule has 1 atom stereocenters. The molecule has 6 nitrogen and oxygen atoms in total. The normalized spacial score (nSPS) is 18.6. The summed E-state index contributed by atoms with van der Waals surface area (Å²) < 4.78 is 6.75. The van der Waals surface area contributed by atoms with Crippen molar-refractivity contribution in [3.63, 3.8) is 0 Å². The second-order valence-corrected chi connectivity index (χ2v) is 5.13. The molecule has 19 heavy (non-hydrogen) atoms. The van der Waals surface area contributed by atoms with Crippen LogP contribution >= 0.6 is 0 Å². The van der Waals surface area contributed by atoms with E-state index >= 15 is 0 Å². The fourth-order valence-electron chi connectivity index (χ4n) is 2.36. The van der Waals surface area contributed by atoms with Gasteiger partial charge in [-0.25, -0.2) is 4.68 Å². The van der Waals surface area contributed by atoms with Crippen LogP contribution in [0, 0.1) is 0 Å². The maximum absolute atomic E-state index is 11.9.